The second-order valence-electron chi connectivity index (χ2n) is 6.61. The van der Waals surface area contributed by atoms with Gasteiger partial charge in [0.25, 0.3) is 5.91 Å². The van der Waals surface area contributed by atoms with Crippen molar-refractivity contribution in [2.45, 2.75) is 44.8 Å². The van der Waals surface area contributed by atoms with E-state index in [1.807, 2.05) is 6.07 Å². The van der Waals surface area contributed by atoms with E-state index in [1.165, 1.54) is 12.3 Å². The summed E-state index contributed by atoms with van der Waals surface area (Å²) in [4.78, 5) is 16.1. The van der Waals surface area contributed by atoms with E-state index in [4.69, 9.17) is 21.6 Å². The molecule has 0 radical (unpaired) electrons. The van der Waals surface area contributed by atoms with Gasteiger partial charge in [0.05, 0.1) is 27.9 Å². The number of pyridine rings is 1. The standard InChI is InChI=1S/C20H19ClFN3O2/c1-12-19(22)8-14(11-24-12)20(26)25-15-3-6-16(7-4-15)27-17-5-2-13(10-23)18(21)9-17/h2,5,8-9,11,15-16H,3-4,6-7H2,1H3,(H,25,26)/t15-,16-. The van der Waals surface area contributed by atoms with Gasteiger partial charge in [-0.05, 0) is 50.8 Å². The van der Waals surface area contributed by atoms with Crippen molar-refractivity contribution in [3.05, 3.63) is 58.1 Å². The number of nitriles is 1. The van der Waals surface area contributed by atoms with E-state index in [2.05, 4.69) is 10.3 Å². The maximum absolute atomic E-state index is 13.6. The molecule has 1 amide bonds. The second-order valence-corrected chi connectivity index (χ2v) is 7.02. The lowest BCUT2D eigenvalue weighted by atomic mass is 9.92. The molecule has 0 aliphatic heterocycles. The average molecular weight is 388 g/mol. The summed E-state index contributed by atoms with van der Waals surface area (Å²) in [5.41, 5.74) is 0.910. The largest absolute Gasteiger partial charge is 0.490 e. The summed E-state index contributed by atoms with van der Waals surface area (Å²) in [6, 6.07) is 8.26. The first-order chi connectivity index (χ1) is 13.0. The summed E-state index contributed by atoms with van der Waals surface area (Å²) in [5.74, 6) is -0.168. The molecule has 3 rings (SSSR count). The van der Waals surface area contributed by atoms with Gasteiger partial charge in [0.15, 0.2) is 0 Å². The molecule has 1 heterocycles. The molecule has 0 saturated heterocycles. The van der Waals surface area contributed by atoms with Gasteiger partial charge in [-0.1, -0.05) is 11.6 Å². The Morgan fingerprint density at radius 1 is 1.33 bits per heavy atom. The Kier molecular flexibility index (Phi) is 5.92. The third kappa shape index (κ3) is 4.75. The molecule has 1 fully saturated rings. The molecule has 1 aromatic carbocycles. The predicted octanol–water partition coefficient (Wildman–Crippen LogP) is 4.17. The Balaban J connectivity index is 1.51. The monoisotopic (exact) mass is 387 g/mol. The van der Waals surface area contributed by atoms with Crippen molar-refractivity contribution in [3.63, 3.8) is 0 Å². The third-order valence-corrected chi connectivity index (χ3v) is 4.97. The zero-order chi connectivity index (χ0) is 19.4. The van der Waals surface area contributed by atoms with Gasteiger partial charge in [0, 0.05) is 18.3 Å². The van der Waals surface area contributed by atoms with Crippen LogP contribution >= 0.6 is 11.6 Å². The lowest BCUT2D eigenvalue weighted by Crippen LogP contribution is -2.39. The number of aromatic nitrogens is 1. The van der Waals surface area contributed by atoms with Crippen LogP contribution in [0.3, 0.4) is 0 Å². The summed E-state index contributed by atoms with van der Waals surface area (Å²) < 4.78 is 19.5. The maximum Gasteiger partial charge on any atom is 0.253 e. The Morgan fingerprint density at radius 2 is 2.07 bits per heavy atom. The number of nitrogens with zero attached hydrogens (tertiary/aromatic N) is 2. The molecule has 1 aromatic heterocycles. The summed E-state index contributed by atoms with van der Waals surface area (Å²) >= 11 is 6.02. The van der Waals surface area contributed by atoms with Gasteiger partial charge in [0.2, 0.25) is 0 Å². The number of amides is 1. The van der Waals surface area contributed by atoms with Crippen LogP contribution in [0, 0.1) is 24.1 Å². The zero-order valence-corrected chi connectivity index (χ0v) is 15.6. The first kappa shape index (κ1) is 19.1. The lowest BCUT2D eigenvalue weighted by Gasteiger charge is -2.29. The molecule has 0 atom stereocenters. The second kappa shape index (κ2) is 8.36. The summed E-state index contributed by atoms with van der Waals surface area (Å²) in [6.45, 7) is 1.55. The fourth-order valence-corrected chi connectivity index (χ4v) is 3.29. The van der Waals surface area contributed by atoms with Crippen molar-refractivity contribution < 1.29 is 13.9 Å². The number of carbonyl (C=O) groups excluding carboxylic acids is 1. The molecular weight excluding hydrogens is 369 g/mol. The summed E-state index contributed by atoms with van der Waals surface area (Å²) in [7, 11) is 0. The highest BCUT2D eigenvalue weighted by atomic mass is 35.5. The van der Waals surface area contributed by atoms with Crippen LogP contribution in [-0.2, 0) is 0 Å². The molecule has 0 spiro atoms. The molecule has 1 aliphatic rings. The molecule has 7 heteroatoms. The number of benzene rings is 1. The van der Waals surface area contributed by atoms with Gasteiger partial charge in [-0.25, -0.2) is 4.39 Å². The zero-order valence-electron chi connectivity index (χ0n) is 14.8. The summed E-state index contributed by atoms with van der Waals surface area (Å²) in [6.07, 6.45) is 4.51. The van der Waals surface area contributed by atoms with Crippen LogP contribution in [-0.4, -0.2) is 23.0 Å². The molecule has 140 valence electrons. The van der Waals surface area contributed by atoms with E-state index in [1.54, 1.807) is 25.1 Å². The smallest absolute Gasteiger partial charge is 0.253 e. The van der Waals surface area contributed by atoms with Crippen LogP contribution < -0.4 is 10.1 Å². The summed E-state index contributed by atoms with van der Waals surface area (Å²) in [5, 5.41) is 12.2. The van der Waals surface area contributed by atoms with Crippen LogP contribution in [0.15, 0.2) is 30.5 Å². The van der Waals surface area contributed by atoms with Gasteiger partial charge >= 0.3 is 0 Å². The topological polar surface area (TPSA) is 75.0 Å². The number of nitrogens with one attached hydrogen (secondary N) is 1. The van der Waals surface area contributed by atoms with Crippen LogP contribution in [0.5, 0.6) is 5.75 Å². The Bertz CT molecular complexity index is 889. The number of halogens is 2. The lowest BCUT2D eigenvalue weighted by molar-refractivity contribution is 0.0893. The minimum absolute atomic E-state index is 0.0197. The first-order valence-electron chi connectivity index (χ1n) is 8.75. The highest BCUT2D eigenvalue weighted by Crippen LogP contribution is 2.27. The van der Waals surface area contributed by atoms with E-state index in [9.17, 15) is 9.18 Å². The predicted molar refractivity (Wildman–Crippen MR) is 99.2 cm³/mol. The van der Waals surface area contributed by atoms with Gasteiger partial charge in [-0.3, -0.25) is 9.78 Å². The van der Waals surface area contributed by atoms with Crippen molar-refractivity contribution in [2.75, 3.05) is 0 Å². The SMILES string of the molecule is Cc1ncc(C(=O)N[C@H]2CC[C@H](Oc3ccc(C#N)c(Cl)c3)CC2)cc1F. The minimum atomic E-state index is -0.485. The van der Waals surface area contributed by atoms with Gasteiger partial charge < -0.3 is 10.1 Å². The van der Waals surface area contributed by atoms with Crippen molar-refractivity contribution in [3.8, 4) is 11.8 Å². The van der Waals surface area contributed by atoms with Crippen LogP contribution in [0.4, 0.5) is 4.39 Å². The molecule has 1 saturated carbocycles. The molecular formula is C20H19ClFN3O2. The van der Waals surface area contributed by atoms with Gasteiger partial charge in [-0.15, -0.1) is 0 Å². The molecule has 1 aliphatic carbocycles. The van der Waals surface area contributed by atoms with E-state index in [0.29, 0.717) is 16.3 Å². The third-order valence-electron chi connectivity index (χ3n) is 4.66. The fourth-order valence-electron chi connectivity index (χ4n) is 3.08. The van der Waals surface area contributed by atoms with E-state index < -0.39 is 5.82 Å². The van der Waals surface area contributed by atoms with Crippen LogP contribution in [0.1, 0.15) is 47.3 Å². The molecule has 2 aromatic rings. The van der Waals surface area contributed by atoms with Crippen molar-refractivity contribution >= 4 is 17.5 Å². The Morgan fingerprint density at radius 3 is 2.70 bits per heavy atom. The number of ether oxygens (including phenoxy) is 1. The molecule has 0 bridgehead atoms. The number of aryl methyl sites for hydroxylation is 1. The van der Waals surface area contributed by atoms with E-state index in [-0.39, 0.29) is 29.3 Å². The number of rotatable bonds is 4. The average Bonchev–Trinajstić information content (AvgIpc) is 2.65. The van der Waals surface area contributed by atoms with Crippen molar-refractivity contribution in [1.82, 2.24) is 10.3 Å². The highest BCUT2D eigenvalue weighted by Gasteiger charge is 2.24. The molecule has 0 unspecified atom stereocenters. The Labute approximate surface area is 162 Å². The molecule has 1 N–H and O–H groups in total. The fraction of sp³-hybridized carbons (Fsp3) is 0.350. The first-order valence-corrected chi connectivity index (χ1v) is 9.13. The van der Waals surface area contributed by atoms with Crippen LogP contribution in [0.2, 0.25) is 5.02 Å². The Hall–Kier alpha value is -2.65. The van der Waals surface area contributed by atoms with E-state index >= 15 is 0 Å². The van der Waals surface area contributed by atoms with Crippen molar-refractivity contribution in [1.29, 1.82) is 5.26 Å². The van der Waals surface area contributed by atoms with Gasteiger partial charge in [-0.2, -0.15) is 5.26 Å². The molecule has 5 nitrogen and oxygen atoms in total. The number of hydrogen-bond acceptors (Lipinski definition) is 4. The minimum Gasteiger partial charge on any atom is -0.490 e. The number of carbonyl (C=O) groups is 1. The van der Waals surface area contributed by atoms with Crippen LogP contribution in [0.25, 0.3) is 0 Å². The van der Waals surface area contributed by atoms with E-state index in [0.717, 1.165) is 25.7 Å². The molecule has 27 heavy (non-hydrogen) atoms. The quantitative estimate of drug-likeness (QED) is 0.854. The van der Waals surface area contributed by atoms with Gasteiger partial charge in [0.1, 0.15) is 17.6 Å². The normalized spacial score (nSPS) is 19.2. The van der Waals surface area contributed by atoms with Crippen molar-refractivity contribution in [2.24, 2.45) is 0 Å². The number of hydrogen-bond donors (Lipinski definition) is 1. The maximum atomic E-state index is 13.6. The highest BCUT2D eigenvalue weighted by molar-refractivity contribution is 6.31.